The van der Waals surface area contributed by atoms with Crippen molar-refractivity contribution in [1.29, 1.82) is 5.26 Å². The molecule has 2 rings (SSSR count). The maximum Gasteiger partial charge on any atom is 0.244 e. The van der Waals surface area contributed by atoms with Gasteiger partial charge in [-0.1, -0.05) is 18.5 Å². The number of benzene rings is 1. The van der Waals surface area contributed by atoms with Gasteiger partial charge in [0.15, 0.2) is 0 Å². The molecule has 0 aliphatic heterocycles. The molecule has 102 valence electrons. The summed E-state index contributed by atoms with van der Waals surface area (Å²) in [4.78, 5) is 16.5. The normalized spacial score (nSPS) is 13.5. The third kappa shape index (κ3) is 2.45. The standard InChI is InChI=1S/C15H14ClN3O/c1-3-15(2,9-17)14(20)19-12-7-6-11(16)10-5-4-8-18-13(10)12/h4-8H,3H2,1-2H3,(H,19,20). The number of pyridine rings is 1. The lowest BCUT2D eigenvalue weighted by Crippen LogP contribution is -2.31. The third-order valence-electron chi connectivity index (χ3n) is 3.42. The van der Waals surface area contributed by atoms with E-state index in [0.717, 1.165) is 5.39 Å². The van der Waals surface area contributed by atoms with Crippen LogP contribution in [0.2, 0.25) is 5.02 Å². The molecule has 0 fully saturated rings. The summed E-state index contributed by atoms with van der Waals surface area (Å²) in [6.45, 7) is 3.43. The smallest absolute Gasteiger partial charge is 0.244 e. The fourth-order valence-electron chi connectivity index (χ4n) is 1.79. The Morgan fingerprint density at radius 3 is 2.90 bits per heavy atom. The number of hydrogen-bond acceptors (Lipinski definition) is 3. The van der Waals surface area contributed by atoms with E-state index in [-0.39, 0.29) is 5.91 Å². The number of halogens is 1. The zero-order chi connectivity index (χ0) is 14.8. The van der Waals surface area contributed by atoms with Crippen LogP contribution in [0, 0.1) is 16.7 Å². The van der Waals surface area contributed by atoms with E-state index in [4.69, 9.17) is 16.9 Å². The van der Waals surface area contributed by atoms with Gasteiger partial charge in [-0.15, -0.1) is 0 Å². The number of amides is 1. The molecule has 1 aromatic heterocycles. The second-order valence-electron chi connectivity index (χ2n) is 4.75. The quantitative estimate of drug-likeness (QED) is 0.934. The number of nitrogens with zero attached hydrogens (tertiary/aromatic N) is 2. The molecule has 0 spiro atoms. The van der Waals surface area contributed by atoms with Gasteiger partial charge >= 0.3 is 0 Å². The average Bonchev–Trinajstić information content (AvgIpc) is 2.49. The largest absolute Gasteiger partial charge is 0.323 e. The van der Waals surface area contributed by atoms with E-state index in [0.29, 0.717) is 22.6 Å². The van der Waals surface area contributed by atoms with Crippen molar-refractivity contribution in [2.75, 3.05) is 5.32 Å². The van der Waals surface area contributed by atoms with E-state index in [1.165, 1.54) is 0 Å². The molecule has 1 atom stereocenters. The van der Waals surface area contributed by atoms with Crippen LogP contribution in [-0.4, -0.2) is 10.9 Å². The Labute approximate surface area is 122 Å². The molecule has 1 N–H and O–H groups in total. The van der Waals surface area contributed by atoms with Crippen molar-refractivity contribution in [2.24, 2.45) is 5.41 Å². The number of rotatable bonds is 3. The summed E-state index contributed by atoms with van der Waals surface area (Å²) in [5, 5.41) is 13.3. The first-order valence-electron chi connectivity index (χ1n) is 6.28. The van der Waals surface area contributed by atoms with Gasteiger partial charge in [-0.3, -0.25) is 9.78 Å². The van der Waals surface area contributed by atoms with Gasteiger partial charge in [-0.2, -0.15) is 5.26 Å². The molecule has 1 heterocycles. The molecule has 0 aliphatic rings. The second-order valence-corrected chi connectivity index (χ2v) is 5.15. The predicted octanol–water partition coefficient (Wildman–Crippen LogP) is 3.77. The number of carbonyl (C=O) groups is 1. The Balaban J connectivity index is 2.44. The van der Waals surface area contributed by atoms with Crippen LogP contribution in [0.15, 0.2) is 30.5 Å². The molecule has 4 nitrogen and oxygen atoms in total. The predicted molar refractivity (Wildman–Crippen MR) is 79.4 cm³/mol. The molecule has 1 unspecified atom stereocenters. The van der Waals surface area contributed by atoms with Crippen molar-refractivity contribution < 1.29 is 4.79 Å². The zero-order valence-corrected chi connectivity index (χ0v) is 12.0. The first-order valence-corrected chi connectivity index (χ1v) is 6.65. The van der Waals surface area contributed by atoms with Crippen molar-refractivity contribution in [2.45, 2.75) is 20.3 Å². The minimum atomic E-state index is -1.05. The van der Waals surface area contributed by atoms with Gasteiger partial charge in [0, 0.05) is 11.6 Å². The van der Waals surface area contributed by atoms with Crippen LogP contribution in [0.25, 0.3) is 10.9 Å². The maximum absolute atomic E-state index is 12.2. The highest BCUT2D eigenvalue weighted by atomic mass is 35.5. The highest BCUT2D eigenvalue weighted by Gasteiger charge is 2.31. The van der Waals surface area contributed by atoms with Gasteiger partial charge in [0.05, 0.1) is 22.3 Å². The Morgan fingerprint density at radius 1 is 1.50 bits per heavy atom. The molecule has 1 amide bonds. The number of fused-ring (bicyclic) bond motifs is 1. The van der Waals surface area contributed by atoms with E-state index < -0.39 is 5.41 Å². The number of nitrogens with one attached hydrogen (secondary N) is 1. The number of carbonyl (C=O) groups excluding carboxylic acids is 1. The van der Waals surface area contributed by atoms with Crippen molar-refractivity contribution in [3.8, 4) is 6.07 Å². The van der Waals surface area contributed by atoms with E-state index in [1.54, 1.807) is 38.2 Å². The molecule has 5 heteroatoms. The highest BCUT2D eigenvalue weighted by Crippen LogP contribution is 2.30. The number of nitriles is 1. The van der Waals surface area contributed by atoms with Gasteiger partial charge in [-0.25, -0.2) is 0 Å². The van der Waals surface area contributed by atoms with Crippen LogP contribution in [0.3, 0.4) is 0 Å². The Kier molecular flexibility index (Phi) is 3.91. The molecule has 2 aromatic rings. The fraction of sp³-hybridized carbons (Fsp3) is 0.267. The molecule has 0 saturated carbocycles. The lowest BCUT2D eigenvalue weighted by molar-refractivity contribution is -0.122. The topological polar surface area (TPSA) is 65.8 Å². The van der Waals surface area contributed by atoms with E-state index in [2.05, 4.69) is 10.3 Å². The zero-order valence-electron chi connectivity index (χ0n) is 11.3. The number of aromatic nitrogens is 1. The molecule has 0 radical (unpaired) electrons. The van der Waals surface area contributed by atoms with Crippen LogP contribution in [0.5, 0.6) is 0 Å². The Morgan fingerprint density at radius 2 is 2.25 bits per heavy atom. The average molecular weight is 288 g/mol. The third-order valence-corrected chi connectivity index (χ3v) is 3.75. The van der Waals surface area contributed by atoms with E-state index in [9.17, 15) is 4.79 Å². The van der Waals surface area contributed by atoms with Crippen molar-refractivity contribution >= 4 is 34.1 Å². The first kappa shape index (κ1) is 14.3. The van der Waals surface area contributed by atoms with Crippen LogP contribution in [0.4, 0.5) is 5.69 Å². The molecule has 1 aromatic carbocycles. The second kappa shape index (κ2) is 5.48. The van der Waals surface area contributed by atoms with Crippen LogP contribution in [0.1, 0.15) is 20.3 Å². The summed E-state index contributed by atoms with van der Waals surface area (Å²) in [5.41, 5.74) is 0.121. The number of anilines is 1. The summed E-state index contributed by atoms with van der Waals surface area (Å²) >= 11 is 6.10. The molecule has 20 heavy (non-hydrogen) atoms. The maximum atomic E-state index is 12.2. The summed E-state index contributed by atoms with van der Waals surface area (Å²) in [6.07, 6.45) is 2.08. The lowest BCUT2D eigenvalue weighted by atomic mass is 9.88. The first-order chi connectivity index (χ1) is 9.51. The summed E-state index contributed by atoms with van der Waals surface area (Å²) in [6, 6.07) is 9.07. The minimum Gasteiger partial charge on any atom is -0.323 e. The summed E-state index contributed by atoms with van der Waals surface area (Å²) < 4.78 is 0. The Bertz CT molecular complexity index is 708. The van der Waals surface area contributed by atoms with Gasteiger partial charge in [0.1, 0.15) is 5.41 Å². The molecule has 0 aliphatic carbocycles. The fourth-order valence-corrected chi connectivity index (χ4v) is 2.00. The van der Waals surface area contributed by atoms with Gasteiger partial charge < -0.3 is 5.32 Å². The van der Waals surface area contributed by atoms with Crippen LogP contribution >= 0.6 is 11.6 Å². The lowest BCUT2D eigenvalue weighted by Gasteiger charge is -2.19. The number of hydrogen-bond donors (Lipinski definition) is 1. The highest BCUT2D eigenvalue weighted by molar-refractivity contribution is 6.36. The minimum absolute atomic E-state index is 0.336. The molecule has 0 saturated heterocycles. The van der Waals surface area contributed by atoms with Gasteiger partial charge in [0.2, 0.25) is 5.91 Å². The van der Waals surface area contributed by atoms with Crippen molar-refractivity contribution in [3.05, 3.63) is 35.5 Å². The summed E-state index contributed by atoms with van der Waals surface area (Å²) in [7, 11) is 0. The van der Waals surface area contributed by atoms with Gasteiger partial charge in [0.25, 0.3) is 0 Å². The van der Waals surface area contributed by atoms with Crippen molar-refractivity contribution in [3.63, 3.8) is 0 Å². The van der Waals surface area contributed by atoms with E-state index >= 15 is 0 Å². The van der Waals surface area contributed by atoms with Crippen LogP contribution in [-0.2, 0) is 4.79 Å². The van der Waals surface area contributed by atoms with E-state index in [1.807, 2.05) is 12.1 Å². The van der Waals surface area contributed by atoms with Gasteiger partial charge in [-0.05, 0) is 37.6 Å². The molecular weight excluding hydrogens is 274 g/mol. The monoisotopic (exact) mass is 287 g/mol. The summed E-state index contributed by atoms with van der Waals surface area (Å²) in [5.74, 6) is -0.336. The Hall–Kier alpha value is -2.12. The molecular formula is C15H14ClN3O. The van der Waals surface area contributed by atoms with Crippen LogP contribution < -0.4 is 5.32 Å². The van der Waals surface area contributed by atoms with Crippen molar-refractivity contribution in [1.82, 2.24) is 4.98 Å². The molecule has 0 bridgehead atoms. The SMILES string of the molecule is CCC(C)(C#N)C(=O)Nc1ccc(Cl)c2cccnc12.